The number of carbonyl (C=O) groups is 1. The molecule has 3 aromatic carbocycles. The first-order chi connectivity index (χ1) is 16.2. The number of fused-ring (bicyclic) bond motifs is 1. The third kappa shape index (κ3) is 4.36. The SMILES string of the molecule is COc1cccc(OCCn2cc(C=C3N=C(c4ccccc4)OC3=O)c3ccccc32)c1. The number of para-hydroxylation sites is 1. The fourth-order valence-electron chi connectivity index (χ4n) is 3.79. The largest absolute Gasteiger partial charge is 0.497 e. The number of ether oxygens (including phenoxy) is 3. The summed E-state index contributed by atoms with van der Waals surface area (Å²) in [5, 5.41) is 1.03. The summed E-state index contributed by atoms with van der Waals surface area (Å²) in [6.45, 7) is 1.13. The van der Waals surface area contributed by atoms with Gasteiger partial charge in [-0.25, -0.2) is 9.79 Å². The van der Waals surface area contributed by atoms with Gasteiger partial charge in [0.15, 0.2) is 5.70 Å². The van der Waals surface area contributed by atoms with E-state index in [1.807, 2.05) is 79.0 Å². The summed E-state index contributed by atoms with van der Waals surface area (Å²) >= 11 is 0. The summed E-state index contributed by atoms with van der Waals surface area (Å²) in [4.78, 5) is 16.9. The Morgan fingerprint density at radius 2 is 1.76 bits per heavy atom. The summed E-state index contributed by atoms with van der Waals surface area (Å²) in [7, 11) is 1.63. The van der Waals surface area contributed by atoms with Crippen molar-refractivity contribution in [2.75, 3.05) is 13.7 Å². The highest BCUT2D eigenvalue weighted by Crippen LogP contribution is 2.26. The molecule has 0 fully saturated rings. The molecule has 164 valence electrons. The van der Waals surface area contributed by atoms with E-state index in [0.717, 1.165) is 33.5 Å². The third-order valence-corrected chi connectivity index (χ3v) is 5.39. The van der Waals surface area contributed by atoms with E-state index in [4.69, 9.17) is 14.2 Å². The van der Waals surface area contributed by atoms with Crippen molar-refractivity contribution < 1.29 is 19.0 Å². The van der Waals surface area contributed by atoms with Gasteiger partial charge in [-0.05, 0) is 36.4 Å². The minimum Gasteiger partial charge on any atom is -0.497 e. The lowest BCUT2D eigenvalue weighted by Gasteiger charge is -2.09. The number of nitrogens with zero attached hydrogens (tertiary/aromatic N) is 2. The van der Waals surface area contributed by atoms with E-state index in [1.165, 1.54) is 0 Å². The number of hydrogen-bond acceptors (Lipinski definition) is 5. The molecule has 33 heavy (non-hydrogen) atoms. The molecule has 5 rings (SSSR count). The van der Waals surface area contributed by atoms with Crippen LogP contribution < -0.4 is 9.47 Å². The Balaban J connectivity index is 1.39. The van der Waals surface area contributed by atoms with Gasteiger partial charge in [0.1, 0.15) is 18.1 Å². The molecule has 6 heteroatoms. The van der Waals surface area contributed by atoms with E-state index >= 15 is 0 Å². The van der Waals surface area contributed by atoms with Crippen molar-refractivity contribution in [2.24, 2.45) is 4.99 Å². The van der Waals surface area contributed by atoms with Crippen molar-refractivity contribution in [1.82, 2.24) is 4.57 Å². The zero-order valence-electron chi connectivity index (χ0n) is 18.1. The van der Waals surface area contributed by atoms with Crippen molar-refractivity contribution in [3.05, 3.63) is 102 Å². The van der Waals surface area contributed by atoms with Gasteiger partial charge in [0, 0.05) is 34.3 Å². The number of esters is 1. The predicted octanol–water partition coefficient (Wildman–Crippen LogP) is 5.07. The van der Waals surface area contributed by atoms with Gasteiger partial charge in [-0.1, -0.05) is 42.5 Å². The first-order valence-electron chi connectivity index (χ1n) is 10.6. The van der Waals surface area contributed by atoms with Gasteiger partial charge in [-0.3, -0.25) is 0 Å². The third-order valence-electron chi connectivity index (χ3n) is 5.39. The normalized spacial score (nSPS) is 14.4. The molecule has 0 bridgehead atoms. The highest BCUT2D eigenvalue weighted by Gasteiger charge is 2.24. The van der Waals surface area contributed by atoms with Crippen molar-refractivity contribution in [3.63, 3.8) is 0 Å². The maximum atomic E-state index is 12.4. The molecule has 0 N–H and O–H groups in total. The molecule has 0 saturated carbocycles. The number of hydrogen-bond donors (Lipinski definition) is 0. The molecule has 2 heterocycles. The topological polar surface area (TPSA) is 62.1 Å². The fraction of sp³-hybridized carbons (Fsp3) is 0.111. The summed E-state index contributed by atoms with van der Waals surface area (Å²) < 4.78 is 18.7. The summed E-state index contributed by atoms with van der Waals surface area (Å²) in [6, 6.07) is 25.0. The van der Waals surface area contributed by atoms with Crippen LogP contribution in [-0.2, 0) is 16.1 Å². The number of carbonyl (C=O) groups excluding carboxylic acids is 1. The fourth-order valence-corrected chi connectivity index (χ4v) is 3.79. The van der Waals surface area contributed by atoms with Crippen LogP contribution in [-0.4, -0.2) is 30.2 Å². The number of aromatic nitrogens is 1. The van der Waals surface area contributed by atoms with Crippen molar-refractivity contribution >= 4 is 28.8 Å². The number of cyclic esters (lactones) is 1. The Hall–Kier alpha value is -4.32. The van der Waals surface area contributed by atoms with Gasteiger partial charge in [0.25, 0.3) is 0 Å². The minimum atomic E-state index is -0.452. The number of aliphatic imine (C=N–C) groups is 1. The number of benzene rings is 3. The first kappa shape index (κ1) is 20.6. The lowest BCUT2D eigenvalue weighted by molar-refractivity contribution is -0.129. The molecule has 0 unspecified atom stereocenters. The average molecular weight is 438 g/mol. The maximum absolute atomic E-state index is 12.4. The molecule has 0 saturated heterocycles. The van der Waals surface area contributed by atoms with Crippen LogP contribution in [0.2, 0.25) is 0 Å². The van der Waals surface area contributed by atoms with E-state index < -0.39 is 5.97 Å². The zero-order valence-corrected chi connectivity index (χ0v) is 18.1. The second-order valence-electron chi connectivity index (χ2n) is 7.52. The highest BCUT2D eigenvalue weighted by atomic mass is 16.6. The van der Waals surface area contributed by atoms with Gasteiger partial charge in [-0.15, -0.1) is 0 Å². The van der Waals surface area contributed by atoms with Gasteiger partial charge in [-0.2, -0.15) is 0 Å². The predicted molar refractivity (Wildman–Crippen MR) is 127 cm³/mol. The van der Waals surface area contributed by atoms with Crippen LogP contribution in [0, 0.1) is 0 Å². The Morgan fingerprint density at radius 1 is 0.970 bits per heavy atom. The quantitative estimate of drug-likeness (QED) is 0.298. The van der Waals surface area contributed by atoms with Crippen molar-refractivity contribution in [2.45, 2.75) is 6.54 Å². The Bertz CT molecular complexity index is 1370. The summed E-state index contributed by atoms with van der Waals surface area (Å²) in [5.74, 6) is 1.38. The first-order valence-corrected chi connectivity index (χ1v) is 10.6. The lowest BCUT2D eigenvalue weighted by atomic mass is 10.1. The molecule has 4 aromatic rings. The van der Waals surface area contributed by atoms with Crippen LogP contribution in [0.4, 0.5) is 0 Å². The zero-order chi connectivity index (χ0) is 22.6. The molecule has 1 aromatic heterocycles. The molecule has 0 radical (unpaired) electrons. The molecule has 1 aliphatic heterocycles. The second kappa shape index (κ2) is 9.04. The van der Waals surface area contributed by atoms with Gasteiger partial charge < -0.3 is 18.8 Å². The van der Waals surface area contributed by atoms with Crippen LogP contribution in [0.3, 0.4) is 0 Å². The van der Waals surface area contributed by atoms with E-state index in [-0.39, 0.29) is 5.70 Å². The van der Waals surface area contributed by atoms with E-state index in [2.05, 4.69) is 15.6 Å². The molecular weight excluding hydrogens is 416 g/mol. The summed E-state index contributed by atoms with van der Waals surface area (Å²) in [5.41, 5.74) is 3.00. The molecule has 0 aliphatic carbocycles. The van der Waals surface area contributed by atoms with Crippen molar-refractivity contribution in [1.29, 1.82) is 0 Å². The maximum Gasteiger partial charge on any atom is 0.363 e. The molecule has 0 atom stereocenters. The van der Waals surface area contributed by atoms with Crippen LogP contribution in [0.25, 0.3) is 17.0 Å². The molecular formula is C27H22N2O4. The Morgan fingerprint density at radius 3 is 2.61 bits per heavy atom. The van der Waals surface area contributed by atoms with E-state index in [1.54, 1.807) is 13.2 Å². The van der Waals surface area contributed by atoms with Crippen LogP contribution >= 0.6 is 0 Å². The van der Waals surface area contributed by atoms with Gasteiger partial charge in [0.2, 0.25) is 5.90 Å². The van der Waals surface area contributed by atoms with Gasteiger partial charge in [0.05, 0.1) is 13.7 Å². The lowest BCUT2D eigenvalue weighted by Crippen LogP contribution is -2.07. The molecule has 6 nitrogen and oxygen atoms in total. The molecule has 0 spiro atoms. The monoisotopic (exact) mass is 438 g/mol. The minimum absolute atomic E-state index is 0.282. The smallest absolute Gasteiger partial charge is 0.363 e. The standard InChI is InChI=1S/C27H22N2O4/c1-31-21-10-7-11-22(17-21)32-15-14-29-18-20(23-12-5-6-13-25(23)29)16-24-27(30)33-26(28-24)19-8-3-2-4-9-19/h2-13,16-18H,14-15H2,1H3. The number of methoxy groups -OCH3 is 1. The molecule has 1 aliphatic rings. The van der Waals surface area contributed by atoms with E-state index in [9.17, 15) is 4.79 Å². The number of rotatable bonds is 7. The van der Waals surface area contributed by atoms with E-state index in [0.29, 0.717) is 19.0 Å². The van der Waals surface area contributed by atoms with Crippen LogP contribution in [0.15, 0.2) is 95.7 Å². The van der Waals surface area contributed by atoms with Crippen LogP contribution in [0.5, 0.6) is 11.5 Å². The van der Waals surface area contributed by atoms with Gasteiger partial charge >= 0.3 is 5.97 Å². The Kier molecular flexibility index (Phi) is 5.64. The van der Waals surface area contributed by atoms with Crippen LogP contribution in [0.1, 0.15) is 11.1 Å². The molecule has 0 amide bonds. The summed E-state index contributed by atoms with van der Waals surface area (Å²) in [6.07, 6.45) is 3.79. The second-order valence-corrected chi connectivity index (χ2v) is 7.52. The van der Waals surface area contributed by atoms with Crippen molar-refractivity contribution in [3.8, 4) is 11.5 Å². The highest BCUT2D eigenvalue weighted by molar-refractivity contribution is 6.13. The Labute approximate surface area is 191 Å². The average Bonchev–Trinajstić information content (AvgIpc) is 3.40.